The van der Waals surface area contributed by atoms with Gasteiger partial charge in [-0.25, -0.2) is 0 Å². The van der Waals surface area contributed by atoms with Crippen LogP contribution in [0, 0.1) is 65.1 Å². The monoisotopic (exact) mass is 1520 g/mol. The molecule has 5 fully saturated rings. The summed E-state index contributed by atoms with van der Waals surface area (Å²) in [5.41, 5.74) is 0. The van der Waals surface area contributed by atoms with E-state index < -0.39 is 0 Å². The molecule has 0 spiro atoms. The van der Waals surface area contributed by atoms with E-state index >= 15 is 0 Å². The normalized spacial score (nSPS) is 25.8. The van der Waals surface area contributed by atoms with Crippen molar-refractivity contribution in [3.05, 3.63) is 0 Å². The molecule has 0 saturated heterocycles. The molecule has 0 aliphatic heterocycles. The van der Waals surface area contributed by atoms with Crippen LogP contribution in [0.5, 0.6) is 0 Å². The Kier molecular flexibility index (Phi) is 46.4. The topological polar surface area (TPSA) is 262 Å². The Balaban J connectivity index is 0.897. The molecule has 27 heteroatoms. The molecule has 556 valence electrons. The molecular formula is C70H123N9O9S9. The second-order valence-corrected chi connectivity index (χ2v) is 37.3. The molecule has 0 radical (unpaired) electrons. The molecule has 9 N–H and O–H groups in total. The lowest BCUT2D eigenvalue weighted by Gasteiger charge is -2.36. The van der Waals surface area contributed by atoms with E-state index in [9.17, 15) is 43.2 Å². The lowest BCUT2D eigenvalue weighted by Crippen LogP contribution is -2.37. The molecule has 5 rings (SSSR count). The molecular weight excluding hydrogens is 1400 g/mol. The maximum absolute atomic E-state index is 13.4. The van der Waals surface area contributed by atoms with Gasteiger partial charge >= 0.3 is 0 Å². The maximum atomic E-state index is 13.4. The van der Waals surface area contributed by atoms with Crippen LogP contribution in [-0.4, -0.2) is 159 Å². The summed E-state index contributed by atoms with van der Waals surface area (Å²) in [6, 6.07) is 0.470. The number of nitrogens with one attached hydrogen (secondary N) is 9. The summed E-state index contributed by atoms with van der Waals surface area (Å²) < 4.78 is 0. The van der Waals surface area contributed by atoms with Crippen LogP contribution >= 0.6 is 106 Å². The molecule has 0 aromatic rings. The van der Waals surface area contributed by atoms with Crippen LogP contribution < -0.4 is 47.9 Å². The summed E-state index contributed by atoms with van der Waals surface area (Å²) in [5.74, 6) is 13.5. The molecule has 9 amide bonds. The summed E-state index contributed by atoms with van der Waals surface area (Å²) >= 11 is 12.5. The largest absolute Gasteiger partial charge is 0.350 e. The number of unbranched alkanes of at least 4 members (excludes halogenated alkanes) is 3. The molecule has 5 aliphatic rings. The minimum absolute atomic E-state index is 0.000855. The van der Waals surface area contributed by atoms with Crippen LogP contribution in [-0.2, 0) is 0 Å². The average Bonchev–Trinajstić information content (AvgIpc) is 1.06. The fourth-order valence-electron chi connectivity index (χ4n) is 15.6. The van der Waals surface area contributed by atoms with E-state index in [0.717, 1.165) is 238 Å². The van der Waals surface area contributed by atoms with Crippen molar-refractivity contribution in [1.29, 1.82) is 0 Å². The molecule has 97 heavy (non-hydrogen) atoms. The van der Waals surface area contributed by atoms with Gasteiger partial charge in [0.2, 0.25) is 0 Å². The zero-order valence-electron chi connectivity index (χ0n) is 59.3. The Morgan fingerprint density at radius 1 is 0.278 bits per heavy atom. The van der Waals surface area contributed by atoms with Gasteiger partial charge < -0.3 is 47.9 Å². The van der Waals surface area contributed by atoms with Crippen molar-refractivity contribution in [3.63, 3.8) is 0 Å². The third-order valence-corrected chi connectivity index (χ3v) is 28.9. The number of carbonyl (C=O) groups is 9. The van der Waals surface area contributed by atoms with Crippen LogP contribution in [0.4, 0.5) is 43.2 Å². The highest BCUT2D eigenvalue weighted by Crippen LogP contribution is 2.44. The van der Waals surface area contributed by atoms with Gasteiger partial charge in [-0.2, -0.15) is 0 Å². The first-order valence-electron chi connectivity index (χ1n) is 37.0. The highest BCUT2D eigenvalue weighted by atomic mass is 32.2. The molecule has 9 atom stereocenters. The Hall–Kier alpha value is -1.62. The van der Waals surface area contributed by atoms with Crippen molar-refractivity contribution in [2.45, 2.75) is 218 Å². The van der Waals surface area contributed by atoms with Crippen molar-refractivity contribution >= 4 is 153 Å². The molecule has 9 unspecified atom stereocenters. The number of carbonyl (C=O) groups excluding carboxylic acids is 9. The van der Waals surface area contributed by atoms with Gasteiger partial charge in [-0.15, -0.1) is 0 Å². The standard InChI is InChI=1S/C70H123N9O9S9/c1-6-75-66(84)94-40-29-55-19-11-51(25-36-89-62(80)71-2)46-58(55)32-43-96-69(87)78-60-21-14-49(15-22-60)45-50-16-23-61(24-17-50)79-70(88)97-44-33-59-47-52(26-37-90-63(81)72-3)12-20-56(59)30-41-95-68(86)77-35-10-8-7-9-34-76-67(85)93-38-27-53-13-18-54(28-39-91-64(82)73-4)57(48-53)31-42-92-65(83)74-5/h49-61H,6-48H2,1-5H3,(H,71,80)(H,72,81)(H,73,82)(H,74,83)(H,75,84)(H,76,85)(H,77,86)(H,78,87)(H,79,88). The number of rotatable bonds is 39. The first-order valence-corrected chi connectivity index (χ1v) is 45.9. The molecule has 5 saturated carbocycles. The number of amides is 9. The van der Waals surface area contributed by atoms with Crippen molar-refractivity contribution in [1.82, 2.24) is 47.9 Å². The van der Waals surface area contributed by atoms with Gasteiger partial charge in [-0.3, -0.25) is 43.2 Å². The van der Waals surface area contributed by atoms with Gasteiger partial charge in [-0.05, 0) is 239 Å². The number of hydrogen-bond donors (Lipinski definition) is 9. The van der Waals surface area contributed by atoms with E-state index in [4.69, 9.17) is 0 Å². The van der Waals surface area contributed by atoms with E-state index in [-0.39, 0.29) is 59.2 Å². The summed E-state index contributed by atoms with van der Waals surface area (Å²) in [5, 5.41) is 27.0. The van der Waals surface area contributed by atoms with Gasteiger partial charge in [0.1, 0.15) is 0 Å². The summed E-state index contributed by atoms with van der Waals surface area (Å²) in [6.07, 6.45) is 33.0. The van der Waals surface area contributed by atoms with Crippen LogP contribution in [0.3, 0.4) is 0 Å². The minimum atomic E-state index is 0.000855. The highest BCUT2D eigenvalue weighted by molar-refractivity contribution is 8.15. The van der Waals surface area contributed by atoms with Crippen molar-refractivity contribution in [2.24, 2.45) is 65.1 Å². The van der Waals surface area contributed by atoms with Crippen molar-refractivity contribution < 1.29 is 43.2 Å². The van der Waals surface area contributed by atoms with Crippen molar-refractivity contribution in [3.8, 4) is 0 Å². The van der Waals surface area contributed by atoms with Crippen LogP contribution in [0.25, 0.3) is 0 Å². The lowest BCUT2D eigenvalue weighted by molar-refractivity contribution is 0.169. The minimum Gasteiger partial charge on any atom is -0.350 e. The molecule has 5 aliphatic carbocycles. The van der Waals surface area contributed by atoms with Crippen LogP contribution in [0.15, 0.2) is 0 Å². The molecule has 0 aromatic carbocycles. The van der Waals surface area contributed by atoms with Crippen LogP contribution in [0.2, 0.25) is 0 Å². The first-order chi connectivity index (χ1) is 47.1. The van der Waals surface area contributed by atoms with E-state index in [1.54, 1.807) is 28.2 Å². The fraction of sp³-hybridized carbons (Fsp3) is 0.871. The van der Waals surface area contributed by atoms with E-state index in [2.05, 4.69) is 47.9 Å². The van der Waals surface area contributed by atoms with Gasteiger partial charge in [0, 0.05) is 112 Å². The first kappa shape index (κ1) is 86.0. The van der Waals surface area contributed by atoms with Crippen molar-refractivity contribution in [2.75, 3.05) is 99.6 Å². The Morgan fingerprint density at radius 3 is 0.835 bits per heavy atom. The van der Waals surface area contributed by atoms with Gasteiger partial charge in [0.15, 0.2) is 0 Å². The molecule has 0 heterocycles. The fourth-order valence-corrected chi connectivity index (χ4v) is 22.9. The Morgan fingerprint density at radius 2 is 0.536 bits per heavy atom. The second kappa shape index (κ2) is 52.4. The van der Waals surface area contributed by atoms with Gasteiger partial charge in [0.05, 0.1) is 0 Å². The Bertz CT molecular complexity index is 2310. The SMILES string of the molecule is CCNC(=O)SCCC1CCC(CCSC(=O)NC)CC1CCSC(=O)NC1CCC(CC2CCC(NC(=O)SCCC3CC(CCSC(=O)NC)CCC3CCSC(=O)NCCCCCCNC(=O)SCCC3CCC(CCSC(=O)NC)C(CCSC(=O)NC)C3)CC2)CC1. The smallest absolute Gasteiger partial charge is 0.279 e. The van der Waals surface area contributed by atoms with E-state index in [0.29, 0.717) is 84.7 Å². The predicted molar refractivity (Wildman–Crippen MR) is 422 cm³/mol. The zero-order chi connectivity index (χ0) is 69.8. The van der Waals surface area contributed by atoms with Gasteiger partial charge in [-0.1, -0.05) is 138 Å². The highest BCUT2D eigenvalue weighted by Gasteiger charge is 2.35. The summed E-state index contributed by atoms with van der Waals surface area (Å²) in [6.45, 7) is 3.89. The average molecular weight is 1520 g/mol. The maximum Gasteiger partial charge on any atom is 0.279 e. The van der Waals surface area contributed by atoms with Crippen LogP contribution in [0.1, 0.15) is 206 Å². The van der Waals surface area contributed by atoms with Gasteiger partial charge in [0.25, 0.3) is 47.2 Å². The molecule has 0 aromatic heterocycles. The molecule has 0 bridgehead atoms. The summed E-state index contributed by atoms with van der Waals surface area (Å²) in [4.78, 5) is 112. The van der Waals surface area contributed by atoms with E-state index in [1.165, 1.54) is 119 Å². The lowest BCUT2D eigenvalue weighted by atomic mass is 9.71. The van der Waals surface area contributed by atoms with E-state index in [1.807, 2.05) is 6.92 Å². The predicted octanol–water partition coefficient (Wildman–Crippen LogP) is 18.2. The quantitative estimate of drug-likeness (QED) is 0.0259. The molecule has 18 nitrogen and oxygen atoms in total. The third kappa shape index (κ3) is 38.1. The third-order valence-electron chi connectivity index (χ3n) is 21.1. The second-order valence-electron chi connectivity index (χ2n) is 27.7. The zero-order valence-corrected chi connectivity index (χ0v) is 66.6. The summed E-state index contributed by atoms with van der Waals surface area (Å²) in [7, 11) is 6.68. The number of thioether (sulfide) groups is 9. The number of hydrogen-bond acceptors (Lipinski definition) is 18. The Labute approximate surface area is 621 Å².